The lowest BCUT2D eigenvalue weighted by Crippen LogP contribution is -2.03. The summed E-state index contributed by atoms with van der Waals surface area (Å²) in [4.78, 5) is 14.8. The van der Waals surface area contributed by atoms with Crippen molar-refractivity contribution in [2.24, 2.45) is 0 Å². The number of hydrogen-bond donors (Lipinski definition) is 0. The molecule has 0 unspecified atom stereocenters. The third-order valence-electron chi connectivity index (χ3n) is 10.2. The first-order valence-corrected chi connectivity index (χ1v) is 18.9. The van der Waals surface area contributed by atoms with Crippen molar-refractivity contribution in [3.8, 4) is 73.2 Å². The van der Waals surface area contributed by atoms with Gasteiger partial charge in [-0.15, -0.1) is 0 Å². The lowest BCUT2D eigenvalue weighted by atomic mass is 9.99. The smallest absolute Gasteiger partial charge is 0.166 e. The van der Waals surface area contributed by atoms with Crippen molar-refractivity contribution >= 4 is 43.7 Å². The van der Waals surface area contributed by atoms with E-state index in [1.165, 1.54) is 41.0 Å². The molecule has 0 saturated carbocycles. The molecule has 5 nitrogen and oxygen atoms in total. The number of furan rings is 1. The van der Waals surface area contributed by atoms with Crippen molar-refractivity contribution in [3.63, 3.8) is 0 Å². The second kappa shape index (κ2) is 14.7. The third kappa shape index (κ3) is 6.06. The minimum atomic E-state index is -0.730. The van der Waals surface area contributed by atoms with Gasteiger partial charge in [-0.25, -0.2) is 15.0 Å². The average Bonchev–Trinajstić information content (AvgIpc) is 1.70. The third-order valence-corrected chi connectivity index (χ3v) is 10.2. The highest BCUT2D eigenvalue weighted by Crippen LogP contribution is 2.39. The van der Waals surface area contributed by atoms with Gasteiger partial charge in [0.15, 0.2) is 17.5 Å². The van der Waals surface area contributed by atoms with Crippen molar-refractivity contribution < 1.29 is 37.3 Å². The van der Waals surface area contributed by atoms with E-state index in [9.17, 15) is 2.74 Å². The van der Waals surface area contributed by atoms with Crippen LogP contribution in [-0.2, 0) is 0 Å². The van der Waals surface area contributed by atoms with Gasteiger partial charge in [-0.1, -0.05) is 181 Å². The molecular weight excluding hydrogens is 757 g/mol. The normalized spacial score (nSPS) is 17.0. The van der Waals surface area contributed by atoms with Crippen LogP contribution in [0.1, 0.15) is 32.9 Å². The molecule has 5 heteroatoms. The lowest BCUT2D eigenvalue weighted by Gasteiger charge is -2.15. The lowest BCUT2D eigenvalue weighted by molar-refractivity contribution is 0.670. The minimum Gasteiger partial charge on any atom is -0.455 e. The number of hydrogen-bond acceptors (Lipinski definition) is 4. The summed E-state index contributed by atoms with van der Waals surface area (Å²) in [6.07, 6.45) is 0. The molecule has 62 heavy (non-hydrogen) atoms. The molecule has 0 aliphatic heterocycles. The standard InChI is InChI=1S/C57H36N4O/c1-2-14-37(15-3-1)38-28-30-39(31-29-38)40-32-34-41(35-33-40)55-58-56(43-17-12-16-42(36-43)44-22-13-23-48-47-20-7-11-27-53(47)62-54(44)48)60-57(59-55)49-21-6-10-26-52(49)61-50-24-8-4-18-45(50)46-19-5-9-25-51(46)61/h1-36H/i1D,2D,3D,4D,5D,7D,8D,9D,11D,13D,14D,15D,18D,19D,20D,22D,23D,24D,25D,27D,28D,29D,30D,31D. The predicted molar refractivity (Wildman–Crippen MR) is 254 cm³/mol. The maximum atomic E-state index is 9.21. The van der Waals surface area contributed by atoms with Crippen LogP contribution in [0.15, 0.2) is 222 Å². The fourth-order valence-corrected chi connectivity index (χ4v) is 7.36. The molecule has 290 valence electrons. The van der Waals surface area contributed by atoms with Gasteiger partial charge in [-0.05, 0) is 64.1 Å². The summed E-state index contributed by atoms with van der Waals surface area (Å²) in [5, 5.41) is -0.661. The Morgan fingerprint density at radius 2 is 0.935 bits per heavy atom. The van der Waals surface area contributed by atoms with E-state index < -0.39 is 156 Å². The summed E-state index contributed by atoms with van der Waals surface area (Å²) < 4.78 is 217. The predicted octanol–water partition coefficient (Wildman–Crippen LogP) is 14.9. The van der Waals surface area contributed by atoms with Gasteiger partial charge in [-0.2, -0.15) is 0 Å². The molecule has 0 saturated heterocycles. The molecule has 9 aromatic carbocycles. The quantitative estimate of drug-likeness (QED) is 0.161. The fourth-order valence-electron chi connectivity index (χ4n) is 7.36. The van der Waals surface area contributed by atoms with Crippen molar-refractivity contribution in [2.45, 2.75) is 0 Å². The molecule has 0 atom stereocenters. The van der Waals surface area contributed by atoms with Gasteiger partial charge >= 0.3 is 0 Å². The van der Waals surface area contributed by atoms with E-state index >= 15 is 0 Å². The van der Waals surface area contributed by atoms with Crippen LogP contribution in [0.2, 0.25) is 0 Å². The van der Waals surface area contributed by atoms with Gasteiger partial charge in [-0.3, -0.25) is 0 Å². The molecular formula is C57H36N4O. The van der Waals surface area contributed by atoms with E-state index in [1.54, 1.807) is 36.4 Å². The maximum absolute atomic E-state index is 9.21. The fraction of sp³-hybridized carbons (Fsp3) is 0. The summed E-state index contributed by atoms with van der Waals surface area (Å²) in [5.74, 6) is -0.254. The Balaban J connectivity index is 1.10. The molecule has 0 fully saturated rings. The first-order valence-electron chi connectivity index (χ1n) is 30.9. The molecule has 12 rings (SSSR count). The Bertz CT molecular complexity index is 4930. The Labute approximate surface area is 391 Å². The molecule has 3 heterocycles. The van der Waals surface area contributed by atoms with E-state index in [0.29, 0.717) is 0 Å². The minimum absolute atomic E-state index is 0.0534. The van der Waals surface area contributed by atoms with Crippen LogP contribution in [0, 0.1) is 0 Å². The highest BCUT2D eigenvalue weighted by atomic mass is 16.3. The number of rotatable bonds is 7. The van der Waals surface area contributed by atoms with Gasteiger partial charge in [0, 0.05) is 43.8 Å². The van der Waals surface area contributed by atoms with E-state index in [-0.39, 0.29) is 106 Å². The van der Waals surface area contributed by atoms with Crippen molar-refractivity contribution in [2.75, 3.05) is 0 Å². The van der Waals surface area contributed by atoms with E-state index in [4.69, 9.17) is 49.5 Å². The number of aromatic nitrogens is 4. The van der Waals surface area contributed by atoms with E-state index in [1.807, 2.05) is 0 Å². The van der Waals surface area contributed by atoms with Gasteiger partial charge in [0.1, 0.15) is 11.2 Å². The Morgan fingerprint density at radius 1 is 0.371 bits per heavy atom. The van der Waals surface area contributed by atoms with Crippen LogP contribution in [0.25, 0.3) is 117 Å². The average molecular weight is 817 g/mol. The second-order valence-corrected chi connectivity index (χ2v) is 13.8. The van der Waals surface area contributed by atoms with Crippen molar-refractivity contribution in [3.05, 3.63) is 218 Å². The summed E-state index contributed by atoms with van der Waals surface area (Å²) in [5.41, 5.74) is -1.09. The molecule has 0 aliphatic rings. The summed E-state index contributed by atoms with van der Waals surface area (Å²) in [6.45, 7) is 0. The summed E-state index contributed by atoms with van der Waals surface area (Å²) >= 11 is 0. The van der Waals surface area contributed by atoms with Crippen LogP contribution in [0.3, 0.4) is 0 Å². The van der Waals surface area contributed by atoms with Crippen LogP contribution < -0.4 is 0 Å². The van der Waals surface area contributed by atoms with Crippen molar-refractivity contribution in [1.82, 2.24) is 19.5 Å². The molecule has 0 bridgehead atoms. The van der Waals surface area contributed by atoms with Crippen LogP contribution in [-0.4, -0.2) is 19.5 Å². The highest BCUT2D eigenvalue weighted by Gasteiger charge is 2.20. The number of nitrogens with zero attached hydrogens (tertiary/aromatic N) is 4. The second-order valence-electron chi connectivity index (χ2n) is 13.8. The van der Waals surface area contributed by atoms with Crippen molar-refractivity contribution in [1.29, 1.82) is 0 Å². The zero-order valence-corrected chi connectivity index (χ0v) is 31.6. The SMILES string of the molecule is [2H]c1c([2H])c([2H])c(-c2c([2H])c([2H])c(-c3ccc(-c4nc(-c5cccc(-c6c([2H])c([2H])c([2H])c7c6oc6c([2H])c([2H])c([2H])c([2H])c67)c5)nc(-c5ccccc5-n5c6c([2H])c([2H])c([2H])c([2H])c6c6c([2H])c([2H])c([2H])c([2H])c65)n4)cc3)c([2H])c2[2H])c([2H])c1[2H]. The van der Waals surface area contributed by atoms with Crippen LogP contribution in [0.4, 0.5) is 0 Å². The molecule has 12 aromatic rings. The highest BCUT2D eigenvalue weighted by molar-refractivity contribution is 6.10. The summed E-state index contributed by atoms with van der Waals surface area (Å²) in [6, 6.07) is 3.67. The first kappa shape index (κ1) is 18.9. The Kier molecular flexibility index (Phi) is 4.48. The van der Waals surface area contributed by atoms with E-state index in [2.05, 4.69) is 0 Å². The summed E-state index contributed by atoms with van der Waals surface area (Å²) in [7, 11) is 0. The Hall–Kier alpha value is -8.41. The van der Waals surface area contributed by atoms with Gasteiger partial charge < -0.3 is 8.98 Å². The largest absolute Gasteiger partial charge is 0.455 e. The molecule has 0 N–H and O–H groups in total. The van der Waals surface area contributed by atoms with Crippen LogP contribution >= 0.6 is 0 Å². The monoisotopic (exact) mass is 816 g/mol. The molecule has 3 aromatic heterocycles. The molecule has 0 spiro atoms. The van der Waals surface area contributed by atoms with Crippen LogP contribution in [0.5, 0.6) is 0 Å². The maximum Gasteiger partial charge on any atom is 0.166 e. The zero-order valence-electron chi connectivity index (χ0n) is 55.6. The van der Waals surface area contributed by atoms with Gasteiger partial charge in [0.25, 0.3) is 0 Å². The Morgan fingerprint density at radius 3 is 1.69 bits per heavy atom. The molecule has 0 aliphatic carbocycles. The number of benzene rings is 9. The molecule has 0 radical (unpaired) electrons. The van der Waals surface area contributed by atoms with Gasteiger partial charge in [0.2, 0.25) is 0 Å². The van der Waals surface area contributed by atoms with E-state index in [0.717, 1.165) is 0 Å². The first-order chi connectivity index (χ1) is 40.7. The molecule has 0 amide bonds. The number of para-hydroxylation sites is 5. The number of fused-ring (bicyclic) bond motifs is 6. The topological polar surface area (TPSA) is 56.7 Å². The zero-order chi connectivity index (χ0) is 61.9. The van der Waals surface area contributed by atoms with Gasteiger partial charge in [0.05, 0.1) is 49.6 Å².